The minimum atomic E-state index is -0.188. The highest BCUT2D eigenvalue weighted by Crippen LogP contribution is 2.18. The zero-order valence-corrected chi connectivity index (χ0v) is 17.1. The molecule has 8 heteroatoms. The van der Waals surface area contributed by atoms with Crippen molar-refractivity contribution in [3.8, 4) is 0 Å². The molecule has 2 aromatic rings. The number of carbonyl (C=O) groups excluding carboxylic acids is 2. The lowest BCUT2D eigenvalue weighted by atomic mass is 10.0. The lowest BCUT2D eigenvalue weighted by Crippen LogP contribution is -2.43. The largest absolute Gasteiger partial charge is 0.382 e. The number of nitrogens with zero attached hydrogens (tertiary/aromatic N) is 2. The second-order valence-corrected chi connectivity index (χ2v) is 8.02. The first-order valence-electron chi connectivity index (χ1n) is 9.41. The quantitative estimate of drug-likeness (QED) is 0.740. The smallest absolute Gasteiger partial charge is 0.235 e. The Morgan fingerprint density at radius 3 is 2.68 bits per heavy atom. The number of hydrogen-bond donors (Lipinski definition) is 2. The van der Waals surface area contributed by atoms with Gasteiger partial charge in [-0.05, 0) is 44.4 Å². The van der Waals surface area contributed by atoms with Crippen molar-refractivity contribution in [2.75, 3.05) is 35.2 Å². The lowest BCUT2D eigenvalue weighted by molar-refractivity contribution is -0.129. The number of aryl methyl sites for hydroxylation is 2. The summed E-state index contributed by atoms with van der Waals surface area (Å²) in [7, 11) is 0. The molecule has 2 amide bonds. The molecular weight excluding hydrogens is 376 g/mol. The topological polar surface area (TPSA) is 87.5 Å². The summed E-state index contributed by atoms with van der Waals surface area (Å²) in [6.45, 7) is 5.33. The van der Waals surface area contributed by atoms with Crippen LogP contribution in [0.4, 0.5) is 11.5 Å². The zero-order valence-electron chi connectivity index (χ0n) is 16.2. The summed E-state index contributed by atoms with van der Waals surface area (Å²) in [4.78, 5) is 26.1. The number of rotatable bonds is 7. The van der Waals surface area contributed by atoms with Crippen molar-refractivity contribution in [2.24, 2.45) is 0 Å². The Balaban J connectivity index is 1.34. The molecule has 0 radical (unpaired) electrons. The van der Waals surface area contributed by atoms with Crippen molar-refractivity contribution in [1.29, 1.82) is 0 Å². The maximum Gasteiger partial charge on any atom is 0.235 e. The number of benzene rings is 1. The van der Waals surface area contributed by atoms with Crippen LogP contribution in [-0.2, 0) is 9.59 Å². The third-order valence-electron chi connectivity index (χ3n) is 4.59. The van der Waals surface area contributed by atoms with Crippen LogP contribution in [0.3, 0.4) is 0 Å². The third-order valence-corrected chi connectivity index (χ3v) is 5.51. The number of likely N-dealkylation sites (tertiary alicyclic amines) is 1. The summed E-state index contributed by atoms with van der Waals surface area (Å²) in [6.07, 6.45) is 1.85. The van der Waals surface area contributed by atoms with Crippen LogP contribution in [0.2, 0.25) is 0 Å². The number of aromatic nitrogens is 1. The monoisotopic (exact) mass is 402 g/mol. The first-order valence-corrected chi connectivity index (χ1v) is 10.6. The van der Waals surface area contributed by atoms with E-state index in [0.29, 0.717) is 23.4 Å². The summed E-state index contributed by atoms with van der Waals surface area (Å²) in [5.74, 6) is 1.46. The average Bonchev–Trinajstić information content (AvgIpc) is 3.07. The predicted octanol–water partition coefficient (Wildman–Crippen LogP) is 3.07. The first-order chi connectivity index (χ1) is 13.5. The summed E-state index contributed by atoms with van der Waals surface area (Å²) < 4.78 is 4.90. The van der Waals surface area contributed by atoms with E-state index in [0.717, 1.165) is 31.6 Å². The van der Waals surface area contributed by atoms with Gasteiger partial charge in [-0.2, -0.15) is 0 Å². The van der Waals surface area contributed by atoms with E-state index < -0.39 is 0 Å². The highest BCUT2D eigenvalue weighted by molar-refractivity contribution is 8.00. The molecule has 1 aliphatic heterocycles. The minimum absolute atomic E-state index is 0.0871. The van der Waals surface area contributed by atoms with Gasteiger partial charge in [-0.25, -0.2) is 0 Å². The molecule has 150 valence electrons. The van der Waals surface area contributed by atoms with Crippen LogP contribution in [0.15, 0.2) is 34.9 Å². The first kappa shape index (κ1) is 20.3. The molecule has 0 saturated carbocycles. The van der Waals surface area contributed by atoms with Gasteiger partial charge in [0, 0.05) is 30.9 Å². The molecule has 1 fully saturated rings. The number of piperidine rings is 1. The maximum absolute atomic E-state index is 12.4. The van der Waals surface area contributed by atoms with Gasteiger partial charge in [0.1, 0.15) is 5.76 Å². The zero-order chi connectivity index (χ0) is 19.9. The van der Waals surface area contributed by atoms with Crippen LogP contribution < -0.4 is 10.6 Å². The Morgan fingerprint density at radius 1 is 1.21 bits per heavy atom. The normalized spacial score (nSPS) is 14.7. The second-order valence-electron chi connectivity index (χ2n) is 7.03. The van der Waals surface area contributed by atoms with E-state index in [1.54, 1.807) is 13.0 Å². The number of carbonyl (C=O) groups is 2. The van der Waals surface area contributed by atoms with Crippen LogP contribution in [0.5, 0.6) is 0 Å². The van der Waals surface area contributed by atoms with Crippen molar-refractivity contribution in [3.63, 3.8) is 0 Å². The van der Waals surface area contributed by atoms with Crippen LogP contribution in [-0.4, -0.2) is 52.5 Å². The van der Waals surface area contributed by atoms with E-state index in [2.05, 4.69) is 40.9 Å². The predicted molar refractivity (Wildman–Crippen MR) is 112 cm³/mol. The van der Waals surface area contributed by atoms with Gasteiger partial charge < -0.3 is 20.1 Å². The summed E-state index contributed by atoms with van der Waals surface area (Å²) in [5, 5.41) is 9.92. The average molecular weight is 403 g/mol. The van der Waals surface area contributed by atoms with Crippen LogP contribution >= 0.6 is 11.8 Å². The van der Waals surface area contributed by atoms with Crippen LogP contribution in [0.1, 0.15) is 24.2 Å². The Morgan fingerprint density at radius 2 is 2.00 bits per heavy atom. The van der Waals surface area contributed by atoms with E-state index in [1.165, 1.54) is 17.3 Å². The molecule has 0 spiro atoms. The Bertz CT molecular complexity index is 815. The number of hydrogen-bond acceptors (Lipinski definition) is 6. The summed E-state index contributed by atoms with van der Waals surface area (Å²) >= 11 is 1.32. The van der Waals surface area contributed by atoms with Crippen molar-refractivity contribution in [2.45, 2.75) is 32.7 Å². The number of nitrogens with one attached hydrogen (secondary N) is 2. The van der Waals surface area contributed by atoms with Crippen molar-refractivity contribution >= 4 is 35.1 Å². The van der Waals surface area contributed by atoms with E-state index in [4.69, 9.17) is 4.52 Å². The molecule has 7 nitrogen and oxygen atoms in total. The van der Waals surface area contributed by atoms with E-state index >= 15 is 0 Å². The molecule has 0 atom stereocenters. The molecule has 2 heterocycles. The molecule has 1 aromatic carbocycles. The molecule has 0 aliphatic carbocycles. The Labute approximate surface area is 169 Å². The molecule has 1 aliphatic rings. The highest BCUT2D eigenvalue weighted by atomic mass is 32.2. The molecular formula is C20H26N4O3S. The molecule has 28 heavy (non-hydrogen) atoms. The van der Waals surface area contributed by atoms with Gasteiger partial charge in [-0.15, -0.1) is 11.8 Å². The standard InChI is InChI=1S/C20H26N4O3S/c1-14-4-3-5-17(10-14)21-16-6-8-24(9-7-16)20(26)13-28-12-19(25)22-18-11-15(2)27-23-18/h3-5,10-11,16,21H,6-9,12-13H2,1-2H3,(H,22,23,25). The number of anilines is 2. The van der Waals surface area contributed by atoms with Crippen LogP contribution in [0, 0.1) is 13.8 Å². The van der Waals surface area contributed by atoms with E-state index in [1.807, 2.05) is 11.0 Å². The fraction of sp³-hybridized carbons (Fsp3) is 0.450. The fourth-order valence-corrected chi connectivity index (χ4v) is 3.89. The fourth-order valence-electron chi connectivity index (χ4n) is 3.17. The lowest BCUT2D eigenvalue weighted by Gasteiger charge is -2.33. The Kier molecular flexibility index (Phi) is 6.97. The van der Waals surface area contributed by atoms with Gasteiger partial charge in [0.15, 0.2) is 5.82 Å². The maximum atomic E-state index is 12.4. The summed E-state index contributed by atoms with van der Waals surface area (Å²) in [5.41, 5.74) is 2.37. The SMILES string of the molecule is Cc1cccc(NC2CCN(C(=O)CSCC(=O)Nc3cc(C)on3)CC2)c1. The van der Waals surface area contributed by atoms with Gasteiger partial charge >= 0.3 is 0 Å². The van der Waals surface area contributed by atoms with Crippen molar-refractivity contribution < 1.29 is 14.1 Å². The molecule has 2 N–H and O–H groups in total. The highest BCUT2D eigenvalue weighted by Gasteiger charge is 2.22. The molecule has 0 unspecified atom stereocenters. The second kappa shape index (κ2) is 9.64. The van der Waals surface area contributed by atoms with Gasteiger partial charge in [-0.1, -0.05) is 17.3 Å². The molecule has 1 aromatic heterocycles. The Hall–Kier alpha value is -2.48. The molecule has 3 rings (SSSR count). The van der Waals surface area contributed by atoms with Gasteiger partial charge in [0.05, 0.1) is 11.5 Å². The van der Waals surface area contributed by atoms with Crippen molar-refractivity contribution in [1.82, 2.24) is 10.1 Å². The minimum Gasteiger partial charge on any atom is -0.382 e. The summed E-state index contributed by atoms with van der Waals surface area (Å²) in [6, 6.07) is 10.4. The number of thioether (sulfide) groups is 1. The van der Waals surface area contributed by atoms with Gasteiger partial charge in [-0.3, -0.25) is 9.59 Å². The van der Waals surface area contributed by atoms with Crippen molar-refractivity contribution in [3.05, 3.63) is 41.7 Å². The van der Waals surface area contributed by atoms with E-state index in [9.17, 15) is 9.59 Å². The number of amides is 2. The molecule has 1 saturated heterocycles. The van der Waals surface area contributed by atoms with Gasteiger partial charge in [0.2, 0.25) is 11.8 Å². The van der Waals surface area contributed by atoms with Crippen LogP contribution in [0.25, 0.3) is 0 Å². The third kappa shape index (κ3) is 6.02. The molecule has 0 bridgehead atoms. The van der Waals surface area contributed by atoms with E-state index in [-0.39, 0.29) is 17.6 Å². The van der Waals surface area contributed by atoms with Gasteiger partial charge in [0.25, 0.3) is 0 Å².